The van der Waals surface area contributed by atoms with Crippen molar-refractivity contribution in [2.24, 2.45) is 0 Å². The summed E-state index contributed by atoms with van der Waals surface area (Å²) in [4.78, 5) is 14.2. The summed E-state index contributed by atoms with van der Waals surface area (Å²) < 4.78 is 17.9. The van der Waals surface area contributed by atoms with Crippen molar-refractivity contribution in [3.05, 3.63) is 65.7 Å². The summed E-state index contributed by atoms with van der Waals surface area (Å²) in [5, 5.41) is 9.65. The van der Waals surface area contributed by atoms with Crippen LogP contribution in [0.2, 0.25) is 0 Å². The molecule has 156 valence electrons. The zero-order valence-corrected chi connectivity index (χ0v) is 17.2. The summed E-state index contributed by atoms with van der Waals surface area (Å²) in [5.41, 5.74) is 1.09. The molecular weight excluding hydrogens is 370 g/mol. The molecule has 2 aromatic carbocycles. The normalized spacial score (nSPS) is 18.2. The predicted molar refractivity (Wildman–Crippen MR) is 110 cm³/mol. The maximum atomic E-state index is 12.6. The summed E-state index contributed by atoms with van der Waals surface area (Å²) in [5.74, 6) is 0.599. The highest BCUT2D eigenvalue weighted by atomic mass is 16.6. The van der Waals surface area contributed by atoms with Crippen molar-refractivity contribution in [1.82, 2.24) is 4.90 Å². The van der Waals surface area contributed by atoms with Crippen molar-refractivity contribution in [1.29, 1.82) is 0 Å². The van der Waals surface area contributed by atoms with E-state index in [9.17, 15) is 9.90 Å². The van der Waals surface area contributed by atoms with E-state index in [1.165, 1.54) is 0 Å². The molecule has 0 aliphatic carbocycles. The molecule has 1 saturated heterocycles. The molecule has 3 rings (SSSR count). The Morgan fingerprint density at radius 3 is 2.55 bits per heavy atom. The Morgan fingerprint density at radius 1 is 1.17 bits per heavy atom. The number of carbonyl (C=O) groups is 1. The quantitative estimate of drug-likeness (QED) is 0.825. The highest BCUT2D eigenvalue weighted by Crippen LogP contribution is 2.31. The number of rotatable bonds is 5. The van der Waals surface area contributed by atoms with Crippen LogP contribution < -0.4 is 4.74 Å². The van der Waals surface area contributed by atoms with E-state index in [4.69, 9.17) is 14.2 Å². The Hall–Kier alpha value is -2.57. The van der Waals surface area contributed by atoms with Gasteiger partial charge in [0.05, 0.1) is 19.8 Å². The first-order chi connectivity index (χ1) is 13.9. The van der Waals surface area contributed by atoms with Gasteiger partial charge < -0.3 is 24.2 Å². The largest absolute Gasteiger partial charge is 0.483 e. The number of hydrogen-bond acceptors (Lipinski definition) is 5. The lowest BCUT2D eigenvalue weighted by Crippen LogP contribution is -2.50. The summed E-state index contributed by atoms with van der Waals surface area (Å²) in [6, 6.07) is 17.2. The second-order valence-electron chi connectivity index (χ2n) is 8.05. The molecule has 6 heteroatoms. The lowest BCUT2D eigenvalue weighted by Gasteiger charge is -2.37. The van der Waals surface area contributed by atoms with E-state index in [2.05, 4.69) is 0 Å². The van der Waals surface area contributed by atoms with Crippen LogP contribution in [0.1, 0.15) is 38.0 Å². The predicted octanol–water partition coefficient (Wildman–Crippen LogP) is 3.93. The minimum Gasteiger partial charge on any atom is -0.483 e. The average Bonchev–Trinajstić information content (AvgIpc) is 2.72. The molecule has 0 saturated carbocycles. The van der Waals surface area contributed by atoms with Crippen molar-refractivity contribution in [2.75, 3.05) is 19.7 Å². The SMILES string of the molecule is CC(C)(C)OC(=O)N1CCO[C@H](C(Oc2ccccc2CO)c2ccccc2)C1. The van der Waals surface area contributed by atoms with Crippen LogP contribution in [0.4, 0.5) is 4.79 Å². The van der Waals surface area contributed by atoms with Gasteiger partial charge in [-0.1, -0.05) is 48.5 Å². The van der Waals surface area contributed by atoms with Gasteiger partial charge in [-0.2, -0.15) is 0 Å². The van der Waals surface area contributed by atoms with Crippen LogP contribution in [0.5, 0.6) is 5.75 Å². The number of aliphatic hydroxyl groups excluding tert-OH is 1. The van der Waals surface area contributed by atoms with Crippen LogP contribution >= 0.6 is 0 Å². The van der Waals surface area contributed by atoms with Crippen molar-refractivity contribution in [2.45, 2.75) is 45.2 Å². The van der Waals surface area contributed by atoms with Crippen LogP contribution in [-0.2, 0) is 16.1 Å². The number of benzene rings is 2. The molecule has 29 heavy (non-hydrogen) atoms. The van der Waals surface area contributed by atoms with E-state index in [1.807, 2.05) is 75.4 Å². The molecule has 0 aromatic heterocycles. The first-order valence-electron chi connectivity index (χ1n) is 9.87. The van der Waals surface area contributed by atoms with E-state index in [-0.39, 0.29) is 18.8 Å². The van der Waals surface area contributed by atoms with Crippen LogP contribution in [-0.4, -0.2) is 47.5 Å². The third-order valence-corrected chi connectivity index (χ3v) is 4.61. The molecule has 1 N–H and O–H groups in total. The van der Waals surface area contributed by atoms with Crippen molar-refractivity contribution >= 4 is 6.09 Å². The maximum absolute atomic E-state index is 12.6. The van der Waals surface area contributed by atoms with Gasteiger partial charge in [0, 0.05) is 12.1 Å². The summed E-state index contributed by atoms with van der Waals surface area (Å²) in [7, 11) is 0. The van der Waals surface area contributed by atoms with E-state index in [1.54, 1.807) is 4.90 Å². The number of carbonyl (C=O) groups excluding carboxylic acids is 1. The van der Waals surface area contributed by atoms with E-state index in [0.29, 0.717) is 31.0 Å². The van der Waals surface area contributed by atoms with Gasteiger partial charge in [-0.15, -0.1) is 0 Å². The molecule has 0 radical (unpaired) electrons. The van der Waals surface area contributed by atoms with E-state index >= 15 is 0 Å². The van der Waals surface area contributed by atoms with Gasteiger partial charge in [0.1, 0.15) is 17.5 Å². The smallest absolute Gasteiger partial charge is 0.410 e. The highest BCUT2D eigenvalue weighted by molar-refractivity contribution is 5.68. The Morgan fingerprint density at radius 2 is 1.86 bits per heavy atom. The molecular formula is C23H29NO5. The first kappa shape index (κ1) is 21.1. The maximum Gasteiger partial charge on any atom is 0.410 e. The van der Waals surface area contributed by atoms with Crippen LogP contribution in [0.3, 0.4) is 0 Å². The number of ether oxygens (including phenoxy) is 3. The lowest BCUT2D eigenvalue weighted by molar-refractivity contribution is -0.0839. The molecule has 1 aliphatic heterocycles. The van der Waals surface area contributed by atoms with Gasteiger partial charge in [0.15, 0.2) is 6.10 Å². The zero-order chi connectivity index (χ0) is 20.9. The fourth-order valence-corrected chi connectivity index (χ4v) is 3.24. The third kappa shape index (κ3) is 5.71. The molecule has 0 spiro atoms. The fourth-order valence-electron chi connectivity index (χ4n) is 3.24. The Balaban J connectivity index is 1.83. The topological polar surface area (TPSA) is 68.2 Å². The highest BCUT2D eigenvalue weighted by Gasteiger charge is 2.34. The number of nitrogens with zero attached hydrogens (tertiary/aromatic N) is 1. The molecule has 1 unspecified atom stereocenters. The molecule has 2 aromatic rings. The third-order valence-electron chi connectivity index (χ3n) is 4.61. The number of aliphatic hydroxyl groups is 1. The van der Waals surface area contributed by atoms with Gasteiger partial charge in [-0.05, 0) is 32.4 Å². The average molecular weight is 399 g/mol. The monoisotopic (exact) mass is 399 g/mol. The first-order valence-corrected chi connectivity index (χ1v) is 9.87. The zero-order valence-electron chi connectivity index (χ0n) is 17.2. The summed E-state index contributed by atoms with van der Waals surface area (Å²) in [6.45, 7) is 6.67. The number of hydrogen-bond donors (Lipinski definition) is 1. The number of morpholine rings is 1. The molecule has 0 bridgehead atoms. The van der Waals surface area contributed by atoms with Gasteiger partial charge in [-0.25, -0.2) is 4.79 Å². The molecule has 1 amide bonds. The van der Waals surface area contributed by atoms with Gasteiger partial charge in [0.25, 0.3) is 0 Å². The van der Waals surface area contributed by atoms with Gasteiger partial charge in [0.2, 0.25) is 0 Å². The second-order valence-corrected chi connectivity index (χ2v) is 8.05. The van der Waals surface area contributed by atoms with Gasteiger partial charge >= 0.3 is 6.09 Å². The minimum atomic E-state index is -0.555. The van der Waals surface area contributed by atoms with E-state index < -0.39 is 11.7 Å². The number of para-hydroxylation sites is 1. The number of amides is 1. The lowest BCUT2D eigenvalue weighted by atomic mass is 10.0. The van der Waals surface area contributed by atoms with Gasteiger partial charge in [-0.3, -0.25) is 0 Å². The van der Waals surface area contributed by atoms with Crippen molar-refractivity contribution in [3.8, 4) is 5.75 Å². The van der Waals surface area contributed by atoms with E-state index in [0.717, 1.165) is 5.56 Å². The van der Waals surface area contributed by atoms with Crippen molar-refractivity contribution < 1.29 is 24.1 Å². The minimum absolute atomic E-state index is 0.118. The second kappa shape index (κ2) is 9.29. The standard InChI is InChI=1S/C23H29NO5/c1-23(2,3)29-22(26)24-13-14-27-20(15-24)21(17-9-5-4-6-10-17)28-19-12-8-7-11-18(19)16-25/h4-12,20-21,25H,13-16H2,1-3H3/t20-,21?/m0/s1. The fraction of sp³-hybridized carbons (Fsp3) is 0.435. The Bertz CT molecular complexity index is 802. The Labute approximate surface area is 172 Å². The van der Waals surface area contributed by atoms with Crippen LogP contribution in [0, 0.1) is 0 Å². The molecule has 1 fully saturated rings. The molecule has 1 heterocycles. The summed E-state index contributed by atoms with van der Waals surface area (Å²) in [6.07, 6.45) is -1.16. The summed E-state index contributed by atoms with van der Waals surface area (Å²) >= 11 is 0. The van der Waals surface area contributed by atoms with Crippen LogP contribution in [0.15, 0.2) is 54.6 Å². The van der Waals surface area contributed by atoms with Crippen LogP contribution in [0.25, 0.3) is 0 Å². The molecule has 2 atom stereocenters. The molecule has 1 aliphatic rings. The molecule has 6 nitrogen and oxygen atoms in total. The van der Waals surface area contributed by atoms with Crippen molar-refractivity contribution in [3.63, 3.8) is 0 Å². The Kier molecular flexibility index (Phi) is 6.77.